The summed E-state index contributed by atoms with van der Waals surface area (Å²) in [7, 11) is 0. The first-order valence-electron chi connectivity index (χ1n) is 7.76. The highest BCUT2D eigenvalue weighted by Crippen LogP contribution is 2.16. The van der Waals surface area contributed by atoms with Crippen LogP contribution in [-0.4, -0.2) is 53.2 Å². The molecule has 1 saturated heterocycles. The van der Waals surface area contributed by atoms with E-state index < -0.39 is 0 Å². The van der Waals surface area contributed by atoms with Crippen molar-refractivity contribution in [3.63, 3.8) is 0 Å². The molecule has 2 atom stereocenters. The Morgan fingerprint density at radius 3 is 2.90 bits per heavy atom. The fourth-order valence-electron chi connectivity index (χ4n) is 3.07. The van der Waals surface area contributed by atoms with Gasteiger partial charge >= 0.3 is 0 Å². The van der Waals surface area contributed by atoms with Crippen molar-refractivity contribution in [2.24, 2.45) is 0 Å². The average molecular weight is 287 g/mol. The van der Waals surface area contributed by atoms with Crippen LogP contribution in [0.3, 0.4) is 0 Å². The van der Waals surface area contributed by atoms with Crippen LogP contribution in [0.1, 0.15) is 31.4 Å². The number of aliphatic hydroxyl groups is 1. The van der Waals surface area contributed by atoms with Crippen LogP contribution in [0.25, 0.3) is 0 Å². The summed E-state index contributed by atoms with van der Waals surface area (Å²) in [4.78, 5) is 4.84. The van der Waals surface area contributed by atoms with Crippen LogP contribution in [0.5, 0.6) is 0 Å². The van der Waals surface area contributed by atoms with Gasteiger partial charge in [-0.25, -0.2) is 0 Å². The molecule has 0 radical (unpaired) electrons. The molecule has 1 aliphatic heterocycles. The smallest absolute Gasteiger partial charge is 0.0991 e. The van der Waals surface area contributed by atoms with Gasteiger partial charge < -0.3 is 5.11 Å². The van der Waals surface area contributed by atoms with Crippen LogP contribution in [-0.2, 0) is 6.54 Å². The van der Waals surface area contributed by atoms with E-state index in [1.807, 2.05) is 25.1 Å². The lowest BCUT2D eigenvalue weighted by molar-refractivity contribution is 0.0338. The van der Waals surface area contributed by atoms with Gasteiger partial charge in [0, 0.05) is 38.8 Å². The van der Waals surface area contributed by atoms with Gasteiger partial charge in [0.25, 0.3) is 0 Å². The summed E-state index contributed by atoms with van der Waals surface area (Å²) in [5, 5.41) is 18.6. The Balaban J connectivity index is 1.95. The van der Waals surface area contributed by atoms with Gasteiger partial charge in [-0.3, -0.25) is 9.80 Å². The fraction of sp³-hybridized carbons (Fsp3) is 0.588. The Bertz CT molecular complexity index is 495. The average Bonchev–Trinajstić information content (AvgIpc) is 2.48. The molecular weight excluding hydrogens is 262 g/mol. The maximum atomic E-state index is 9.59. The molecule has 1 aromatic rings. The molecule has 114 valence electrons. The van der Waals surface area contributed by atoms with Crippen molar-refractivity contribution in [2.45, 2.75) is 39.0 Å². The number of rotatable bonds is 5. The zero-order valence-electron chi connectivity index (χ0n) is 13.0. The standard InChI is InChI=1S/C17H25N3O/c1-3-17-13-19(7-8-20(17)11-14(2)21)12-16-6-4-5-15(9-16)10-18/h4-6,9,14,17,21H,3,7-8,11-13H2,1-2H3/t14-,17-/m1/s1. The molecule has 1 fully saturated rings. The topological polar surface area (TPSA) is 50.5 Å². The molecule has 1 aromatic carbocycles. The second-order valence-electron chi connectivity index (χ2n) is 5.95. The van der Waals surface area contributed by atoms with E-state index in [1.165, 1.54) is 5.56 Å². The van der Waals surface area contributed by atoms with E-state index in [-0.39, 0.29) is 6.10 Å². The van der Waals surface area contributed by atoms with Crippen molar-refractivity contribution in [1.82, 2.24) is 9.80 Å². The number of nitrogens with zero attached hydrogens (tertiary/aromatic N) is 3. The summed E-state index contributed by atoms with van der Waals surface area (Å²) >= 11 is 0. The zero-order chi connectivity index (χ0) is 15.2. The summed E-state index contributed by atoms with van der Waals surface area (Å²) in [5.74, 6) is 0. The Labute approximate surface area is 127 Å². The maximum absolute atomic E-state index is 9.59. The number of hydrogen-bond donors (Lipinski definition) is 1. The van der Waals surface area contributed by atoms with Gasteiger partial charge in [-0.15, -0.1) is 0 Å². The molecule has 0 saturated carbocycles. The maximum Gasteiger partial charge on any atom is 0.0991 e. The first-order chi connectivity index (χ1) is 10.1. The van der Waals surface area contributed by atoms with E-state index in [9.17, 15) is 5.11 Å². The normalized spacial score (nSPS) is 21.9. The highest BCUT2D eigenvalue weighted by molar-refractivity contribution is 5.32. The second-order valence-corrected chi connectivity index (χ2v) is 5.95. The number of benzene rings is 1. The van der Waals surface area contributed by atoms with Crippen molar-refractivity contribution in [3.8, 4) is 6.07 Å². The quantitative estimate of drug-likeness (QED) is 0.898. The van der Waals surface area contributed by atoms with Crippen LogP contribution >= 0.6 is 0 Å². The molecule has 0 unspecified atom stereocenters. The largest absolute Gasteiger partial charge is 0.392 e. The van der Waals surface area contributed by atoms with Crippen LogP contribution < -0.4 is 0 Å². The molecule has 0 aliphatic carbocycles. The van der Waals surface area contributed by atoms with Crippen LogP contribution in [0, 0.1) is 11.3 Å². The minimum atomic E-state index is -0.266. The van der Waals surface area contributed by atoms with Gasteiger partial charge in [0.1, 0.15) is 0 Å². The van der Waals surface area contributed by atoms with E-state index in [2.05, 4.69) is 28.9 Å². The molecule has 1 aliphatic rings. The summed E-state index contributed by atoms with van der Waals surface area (Å²) in [6, 6.07) is 10.6. The fourth-order valence-corrected chi connectivity index (χ4v) is 3.07. The lowest BCUT2D eigenvalue weighted by Gasteiger charge is -2.41. The number of nitriles is 1. The molecule has 21 heavy (non-hydrogen) atoms. The van der Waals surface area contributed by atoms with Crippen LogP contribution in [0.4, 0.5) is 0 Å². The minimum absolute atomic E-state index is 0.266. The minimum Gasteiger partial charge on any atom is -0.392 e. The Hall–Kier alpha value is -1.41. The van der Waals surface area contributed by atoms with Crippen molar-refractivity contribution in [2.75, 3.05) is 26.2 Å². The van der Waals surface area contributed by atoms with Gasteiger partial charge in [-0.05, 0) is 31.0 Å². The van der Waals surface area contributed by atoms with Gasteiger partial charge in [0.05, 0.1) is 17.7 Å². The highest BCUT2D eigenvalue weighted by Gasteiger charge is 2.26. The number of aliphatic hydroxyl groups excluding tert-OH is 1. The third-order valence-corrected chi connectivity index (χ3v) is 4.12. The zero-order valence-corrected chi connectivity index (χ0v) is 13.0. The summed E-state index contributed by atoms with van der Waals surface area (Å²) in [5.41, 5.74) is 1.93. The van der Waals surface area contributed by atoms with Crippen molar-refractivity contribution in [1.29, 1.82) is 5.26 Å². The van der Waals surface area contributed by atoms with Crippen LogP contribution in [0.15, 0.2) is 24.3 Å². The first-order valence-corrected chi connectivity index (χ1v) is 7.76. The second kappa shape index (κ2) is 7.56. The van der Waals surface area contributed by atoms with E-state index in [4.69, 9.17) is 5.26 Å². The number of piperazine rings is 1. The molecule has 0 amide bonds. The summed E-state index contributed by atoms with van der Waals surface area (Å²) in [6.07, 6.45) is 0.833. The van der Waals surface area contributed by atoms with E-state index in [1.54, 1.807) is 0 Å². The molecule has 4 nitrogen and oxygen atoms in total. The SMILES string of the molecule is CC[C@@H]1CN(Cc2cccc(C#N)c2)CCN1C[C@@H](C)O. The van der Waals surface area contributed by atoms with Gasteiger partial charge in [0.2, 0.25) is 0 Å². The van der Waals surface area contributed by atoms with Crippen molar-refractivity contribution < 1.29 is 5.11 Å². The lowest BCUT2D eigenvalue weighted by atomic mass is 10.1. The molecular formula is C17H25N3O. The van der Waals surface area contributed by atoms with Gasteiger partial charge in [0.15, 0.2) is 0 Å². The molecule has 1 heterocycles. The van der Waals surface area contributed by atoms with Crippen molar-refractivity contribution >= 4 is 0 Å². The summed E-state index contributed by atoms with van der Waals surface area (Å²) in [6.45, 7) is 8.76. The molecule has 0 spiro atoms. The van der Waals surface area contributed by atoms with E-state index >= 15 is 0 Å². The van der Waals surface area contributed by atoms with Crippen molar-refractivity contribution in [3.05, 3.63) is 35.4 Å². The highest BCUT2D eigenvalue weighted by atomic mass is 16.3. The van der Waals surface area contributed by atoms with E-state index in [0.717, 1.165) is 44.7 Å². The summed E-state index contributed by atoms with van der Waals surface area (Å²) < 4.78 is 0. The van der Waals surface area contributed by atoms with Gasteiger partial charge in [-0.1, -0.05) is 19.1 Å². The third-order valence-electron chi connectivity index (χ3n) is 4.12. The number of hydrogen-bond acceptors (Lipinski definition) is 4. The lowest BCUT2D eigenvalue weighted by Crippen LogP contribution is -2.54. The molecule has 4 heteroatoms. The monoisotopic (exact) mass is 287 g/mol. The Kier molecular flexibility index (Phi) is 5.75. The predicted molar refractivity (Wildman–Crippen MR) is 83.8 cm³/mol. The molecule has 0 bridgehead atoms. The molecule has 0 aromatic heterocycles. The number of β-amino-alcohol motifs (C(OH)–C–C–N with tert-alkyl or cyclic N) is 1. The molecule has 2 rings (SSSR count). The Morgan fingerprint density at radius 1 is 1.43 bits per heavy atom. The Morgan fingerprint density at radius 2 is 2.24 bits per heavy atom. The van der Waals surface area contributed by atoms with Gasteiger partial charge in [-0.2, -0.15) is 5.26 Å². The van der Waals surface area contributed by atoms with Crippen LogP contribution in [0.2, 0.25) is 0 Å². The predicted octanol–water partition coefficient (Wildman–Crippen LogP) is 1.84. The van der Waals surface area contributed by atoms with E-state index in [0.29, 0.717) is 6.04 Å². The third kappa shape index (κ3) is 4.53. The molecule has 1 N–H and O–H groups in total. The first kappa shape index (κ1) is 16.0.